The number of nitrogens with one attached hydrogen (secondary N) is 1. The average Bonchev–Trinajstić information content (AvgIpc) is 2.98. The lowest BCUT2D eigenvalue weighted by atomic mass is 9.99. The van der Waals surface area contributed by atoms with Crippen molar-refractivity contribution in [3.63, 3.8) is 0 Å². The molecule has 0 bridgehead atoms. The van der Waals surface area contributed by atoms with E-state index in [-0.39, 0.29) is 0 Å². The standard InChI is InChI=1S/C18H29NO2/c1-5-19-17(16-8-9-20-11-16)12-21-18-10-15(13(2)3)7-6-14(18)4/h6-7,10,13,16-17,19H,5,8-9,11-12H2,1-4H3. The maximum atomic E-state index is 6.14. The van der Waals surface area contributed by atoms with Crippen LogP contribution in [0.3, 0.4) is 0 Å². The summed E-state index contributed by atoms with van der Waals surface area (Å²) in [6.07, 6.45) is 1.13. The molecule has 2 atom stereocenters. The molecular weight excluding hydrogens is 262 g/mol. The maximum absolute atomic E-state index is 6.14. The molecule has 118 valence electrons. The molecule has 1 saturated heterocycles. The van der Waals surface area contributed by atoms with Crippen molar-refractivity contribution < 1.29 is 9.47 Å². The molecule has 0 aliphatic carbocycles. The highest BCUT2D eigenvalue weighted by molar-refractivity contribution is 5.37. The molecule has 0 amide bonds. The predicted octanol–water partition coefficient (Wildman–Crippen LogP) is 3.51. The van der Waals surface area contributed by atoms with Crippen LogP contribution in [-0.4, -0.2) is 32.4 Å². The molecule has 1 heterocycles. The minimum absolute atomic E-state index is 0.375. The van der Waals surface area contributed by atoms with Crippen LogP contribution in [0.5, 0.6) is 5.75 Å². The van der Waals surface area contributed by atoms with Crippen LogP contribution in [0.25, 0.3) is 0 Å². The second-order valence-corrected chi connectivity index (χ2v) is 6.28. The Morgan fingerprint density at radius 2 is 2.19 bits per heavy atom. The third-order valence-corrected chi connectivity index (χ3v) is 4.30. The number of hydrogen-bond acceptors (Lipinski definition) is 3. The van der Waals surface area contributed by atoms with Crippen LogP contribution in [0.15, 0.2) is 18.2 Å². The van der Waals surface area contributed by atoms with E-state index in [1.165, 1.54) is 11.1 Å². The van der Waals surface area contributed by atoms with Crippen LogP contribution in [0.2, 0.25) is 0 Å². The van der Waals surface area contributed by atoms with Crippen LogP contribution in [-0.2, 0) is 4.74 Å². The summed E-state index contributed by atoms with van der Waals surface area (Å²) in [6, 6.07) is 6.92. The molecule has 0 radical (unpaired) electrons. The van der Waals surface area contributed by atoms with Gasteiger partial charge in [0.15, 0.2) is 0 Å². The quantitative estimate of drug-likeness (QED) is 0.834. The van der Waals surface area contributed by atoms with Crippen molar-refractivity contribution in [2.45, 2.75) is 46.1 Å². The monoisotopic (exact) mass is 291 g/mol. The van der Waals surface area contributed by atoms with Crippen LogP contribution in [0.4, 0.5) is 0 Å². The molecule has 2 unspecified atom stereocenters. The van der Waals surface area contributed by atoms with Gasteiger partial charge in [0.25, 0.3) is 0 Å². The minimum Gasteiger partial charge on any atom is -0.492 e. The number of likely N-dealkylation sites (N-methyl/N-ethyl adjacent to an activating group) is 1. The Labute approximate surface area is 129 Å². The molecule has 1 aromatic carbocycles. The molecule has 1 fully saturated rings. The molecule has 0 saturated carbocycles. The highest BCUT2D eigenvalue weighted by Gasteiger charge is 2.25. The summed E-state index contributed by atoms with van der Waals surface area (Å²) in [7, 11) is 0. The first-order chi connectivity index (χ1) is 10.1. The number of ether oxygens (including phenoxy) is 2. The summed E-state index contributed by atoms with van der Waals surface area (Å²) < 4.78 is 11.7. The topological polar surface area (TPSA) is 30.5 Å². The lowest BCUT2D eigenvalue weighted by molar-refractivity contribution is 0.160. The summed E-state index contributed by atoms with van der Waals surface area (Å²) in [4.78, 5) is 0. The lowest BCUT2D eigenvalue weighted by Gasteiger charge is -2.24. The zero-order valence-corrected chi connectivity index (χ0v) is 13.8. The fourth-order valence-corrected chi connectivity index (χ4v) is 2.80. The molecule has 2 rings (SSSR count). The van der Waals surface area contributed by atoms with E-state index in [0.29, 0.717) is 24.5 Å². The van der Waals surface area contributed by atoms with Gasteiger partial charge >= 0.3 is 0 Å². The molecule has 3 heteroatoms. The highest BCUT2D eigenvalue weighted by atomic mass is 16.5. The third kappa shape index (κ3) is 4.45. The van der Waals surface area contributed by atoms with Gasteiger partial charge in [0.1, 0.15) is 12.4 Å². The molecule has 1 aromatic rings. The molecular formula is C18H29NO2. The molecule has 1 aliphatic heterocycles. The van der Waals surface area contributed by atoms with E-state index in [1.807, 2.05) is 0 Å². The Kier molecular flexibility index (Phi) is 6.07. The maximum Gasteiger partial charge on any atom is 0.122 e. The summed E-state index contributed by atoms with van der Waals surface area (Å²) in [5.74, 6) is 2.11. The lowest BCUT2D eigenvalue weighted by Crippen LogP contribution is -2.41. The largest absolute Gasteiger partial charge is 0.492 e. The fraction of sp³-hybridized carbons (Fsp3) is 0.667. The number of aryl methyl sites for hydroxylation is 1. The fourth-order valence-electron chi connectivity index (χ4n) is 2.80. The first-order valence-electron chi connectivity index (χ1n) is 8.16. The van der Waals surface area contributed by atoms with E-state index in [4.69, 9.17) is 9.47 Å². The van der Waals surface area contributed by atoms with Gasteiger partial charge in [0.05, 0.1) is 6.61 Å². The van der Waals surface area contributed by atoms with E-state index in [2.05, 4.69) is 51.2 Å². The molecule has 0 aromatic heterocycles. The first kappa shape index (κ1) is 16.3. The molecule has 0 spiro atoms. The van der Waals surface area contributed by atoms with E-state index >= 15 is 0 Å². The molecule has 21 heavy (non-hydrogen) atoms. The van der Waals surface area contributed by atoms with Crippen molar-refractivity contribution in [1.82, 2.24) is 5.32 Å². The van der Waals surface area contributed by atoms with E-state index in [1.54, 1.807) is 0 Å². The Bertz CT molecular complexity index is 439. The molecule has 3 nitrogen and oxygen atoms in total. The smallest absolute Gasteiger partial charge is 0.122 e. The van der Waals surface area contributed by atoms with Gasteiger partial charge < -0.3 is 14.8 Å². The van der Waals surface area contributed by atoms with E-state index < -0.39 is 0 Å². The summed E-state index contributed by atoms with van der Waals surface area (Å²) in [5, 5.41) is 3.55. The van der Waals surface area contributed by atoms with Crippen LogP contribution in [0, 0.1) is 12.8 Å². The van der Waals surface area contributed by atoms with E-state index in [9.17, 15) is 0 Å². The van der Waals surface area contributed by atoms with Crippen molar-refractivity contribution in [1.29, 1.82) is 0 Å². The second-order valence-electron chi connectivity index (χ2n) is 6.28. The number of benzene rings is 1. The number of rotatable bonds is 7. The van der Waals surface area contributed by atoms with Gasteiger partial charge in [0.2, 0.25) is 0 Å². The summed E-state index contributed by atoms with van der Waals surface area (Å²) >= 11 is 0. The summed E-state index contributed by atoms with van der Waals surface area (Å²) in [5.41, 5.74) is 2.54. The highest BCUT2D eigenvalue weighted by Crippen LogP contribution is 2.25. The summed E-state index contributed by atoms with van der Waals surface area (Å²) in [6.45, 7) is 12.1. The minimum atomic E-state index is 0.375. The SMILES string of the molecule is CCNC(COc1cc(C(C)C)ccc1C)C1CCOC1. The van der Waals surface area contributed by atoms with Gasteiger partial charge in [-0.15, -0.1) is 0 Å². The third-order valence-electron chi connectivity index (χ3n) is 4.30. The van der Waals surface area contributed by atoms with Crippen LogP contribution in [0.1, 0.15) is 44.2 Å². The van der Waals surface area contributed by atoms with Crippen molar-refractivity contribution >= 4 is 0 Å². The van der Waals surface area contributed by atoms with Gasteiger partial charge in [-0.3, -0.25) is 0 Å². The predicted molar refractivity (Wildman–Crippen MR) is 87.2 cm³/mol. The van der Waals surface area contributed by atoms with Gasteiger partial charge in [-0.1, -0.05) is 32.9 Å². The van der Waals surface area contributed by atoms with Gasteiger partial charge in [0, 0.05) is 18.6 Å². The Morgan fingerprint density at radius 1 is 1.38 bits per heavy atom. The molecule has 1 N–H and O–H groups in total. The van der Waals surface area contributed by atoms with Gasteiger partial charge in [-0.05, 0) is 43.0 Å². The second kappa shape index (κ2) is 7.81. The van der Waals surface area contributed by atoms with Gasteiger partial charge in [-0.2, -0.15) is 0 Å². The van der Waals surface area contributed by atoms with Crippen molar-refractivity contribution in [2.75, 3.05) is 26.4 Å². The Morgan fingerprint density at radius 3 is 2.81 bits per heavy atom. The van der Waals surface area contributed by atoms with Crippen molar-refractivity contribution in [3.05, 3.63) is 29.3 Å². The zero-order valence-electron chi connectivity index (χ0n) is 13.8. The average molecular weight is 291 g/mol. The Balaban J connectivity index is 2.00. The Hall–Kier alpha value is -1.06. The van der Waals surface area contributed by atoms with E-state index in [0.717, 1.165) is 31.9 Å². The van der Waals surface area contributed by atoms with Crippen LogP contribution < -0.4 is 10.1 Å². The normalized spacial score (nSPS) is 20.0. The zero-order chi connectivity index (χ0) is 15.2. The van der Waals surface area contributed by atoms with Crippen LogP contribution >= 0.6 is 0 Å². The molecule has 1 aliphatic rings. The van der Waals surface area contributed by atoms with Crippen molar-refractivity contribution in [2.24, 2.45) is 5.92 Å². The first-order valence-corrected chi connectivity index (χ1v) is 8.16. The number of hydrogen-bond donors (Lipinski definition) is 1. The van der Waals surface area contributed by atoms with Gasteiger partial charge in [-0.25, -0.2) is 0 Å². The van der Waals surface area contributed by atoms with Crippen molar-refractivity contribution in [3.8, 4) is 5.75 Å².